The van der Waals surface area contributed by atoms with Gasteiger partial charge < -0.3 is 15.2 Å². The Kier molecular flexibility index (Phi) is 5.99. The maximum atomic E-state index is 10.1. The van der Waals surface area contributed by atoms with Crippen molar-refractivity contribution >= 4 is 0 Å². The van der Waals surface area contributed by atoms with Gasteiger partial charge >= 0.3 is 0 Å². The first-order valence-corrected chi connectivity index (χ1v) is 7.72. The van der Waals surface area contributed by atoms with Crippen LogP contribution in [0, 0.1) is 13.8 Å². The van der Waals surface area contributed by atoms with Crippen LogP contribution >= 0.6 is 0 Å². The molecule has 0 radical (unpaired) electrons. The van der Waals surface area contributed by atoms with Gasteiger partial charge in [0.1, 0.15) is 18.5 Å². The molecule has 0 bridgehead atoms. The molecule has 0 saturated carbocycles. The SMILES string of the molecule is Cc1cccc(OC[C@H](O)CN[C@@H](C)c2ccccc2C)c1. The van der Waals surface area contributed by atoms with Crippen molar-refractivity contribution in [2.24, 2.45) is 0 Å². The molecule has 22 heavy (non-hydrogen) atoms. The number of rotatable bonds is 7. The second kappa shape index (κ2) is 7.97. The number of aliphatic hydroxyl groups is 1. The van der Waals surface area contributed by atoms with E-state index in [4.69, 9.17) is 4.74 Å². The Hall–Kier alpha value is -1.84. The van der Waals surface area contributed by atoms with Gasteiger partial charge in [-0.25, -0.2) is 0 Å². The fraction of sp³-hybridized carbons (Fsp3) is 0.368. The monoisotopic (exact) mass is 299 g/mol. The first kappa shape index (κ1) is 16.5. The summed E-state index contributed by atoms with van der Waals surface area (Å²) in [6.07, 6.45) is -0.535. The summed E-state index contributed by atoms with van der Waals surface area (Å²) in [6.45, 7) is 7.02. The molecular formula is C19H25NO2. The summed E-state index contributed by atoms with van der Waals surface area (Å²) in [5.41, 5.74) is 3.67. The topological polar surface area (TPSA) is 41.5 Å². The molecule has 3 heteroatoms. The minimum Gasteiger partial charge on any atom is -0.491 e. The molecule has 2 atom stereocenters. The van der Waals surface area contributed by atoms with Gasteiger partial charge in [0.15, 0.2) is 0 Å². The van der Waals surface area contributed by atoms with Gasteiger partial charge in [-0.2, -0.15) is 0 Å². The quantitative estimate of drug-likeness (QED) is 0.823. The molecule has 0 amide bonds. The Morgan fingerprint density at radius 2 is 1.86 bits per heavy atom. The van der Waals surface area contributed by atoms with Crippen LogP contribution in [0.25, 0.3) is 0 Å². The molecule has 0 heterocycles. The van der Waals surface area contributed by atoms with Crippen LogP contribution in [0.3, 0.4) is 0 Å². The lowest BCUT2D eigenvalue weighted by atomic mass is 10.0. The first-order valence-electron chi connectivity index (χ1n) is 7.72. The average Bonchev–Trinajstić information content (AvgIpc) is 2.51. The zero-order valence-electron chi connectivity index (χ0n) is 13.5. The summed E-state index contributed by atoms with van der Waals surface area (Å²) in [6, 6.07) is 16.3. The van der Waals surface area contributed by atoms with Crippen LogP contribution in [0.15, 0.2) is 48.5 Å². The van der Waals surface area contributed by atoms with Crippen molar-refractivity contribution in [1.82, 2.24) is 5.32 Å². The Morgan fingerprint density at radius 1 is 1.09 bits per heavy atom. The van der Waals surface area contributed by atoms with Crippen LogP contribution in [-0.2, 0) is 0 Å². The Morgan fingerprint density at radius 3 is 2.59 bits per heavy atom. The van der Waals surface area contributed by atoms with Crippen LogP contribution in [0.2, 0.25) is 0 Å². The van der Waals surface area contributed by atoms with Crippen molar-refractivity contribution < 1.29 is 9.84 Å². The molecule has 0 aromatic heterocycles. The Bertz CT molecular complexity index is 597. The van der Waals surface area contributed by atoms with E-state index in [0.717, 1.165) is 11.3 Å². The van der Waals surface area contributed by atoms with E-state index in [0.29, 0.717) is 6.54 Å². The fourth-order valence-electron chi connectivity index (χ4n) is 2.45. The van der Waals surface area contributed by atoms with E-state index in [1.54, 1.807) is 0 Å². The molecule has 2 aromatic carbocycles. The van der Waals surface area contributed by atoms with E-state index in [-0.39, 0.29) is 12.6 Å². The van der Waals surface area contributed by atoms with E-state index < -0.39 is 6.10 Å². The lowest BCUT2D eigenvalue weighted by Crippen LogP contribution is -2.33. The molecular weight excluding hydrogens is 274 g/mol. The van der Waals surface area contributed by atoms with Gasteiger partial charge in [-0.05, 0) is 49.6 Å². The van der Waals surface area contributed by atoms with Crippen LogP contribution in [0.5, 0.6) is 5.75 Å². The van der Waals surface area contributed by atoms with Gasteiger partial charge in [0.05, 0.1) is 0 Å². The molecule has 0 aliphatic heterocycles. The molecule has 0 unspecified atom stereocenters. The second-order valence-corrected chi connectivity index (χ2v) is 5.77. The molecule has 2 N–H and O–H groups in total. The van der Waals surface area contributed by atoms with Crippen molar-refractivity contribution in [3.05, 3.63) is 65.2 Å². The van der Waals surface area contributed by atoms with Crippen LogP contribution in [0.1, 0.15) is 29.7 Å². The smallest absolute Gasteiger partial charge is 0.119 e. The highest BCUT2D eigenvalue weighted by molar-refractivity contribution is 5.28. The number of hydrogen-bond acceptors (Lipinski definition) is 3. The molecule has 2 rings (SSSR count). The van der Waals surface area contributed by atoms with Gasteiger partial charge in [0.2, 0.25) is 0 Å². The average molecular weight is 299 g/mol. The highest BCUT2D eigenvalue weighted by atomic mass is 16.5. The highest BCUT2D eigenvalue weighted by Gasteiger charge is 2.11. The number of aryl methyl sites for hydroxylation is 2. The summed E-state index contributed by atoms with van der Waals surface area (Å²) in [4.78, 5) is 0. The Labute approximate surface area is 133 Å². The van der Waals surface area contributed by atoms with Crippen LogP contribution < -0.4 is 10.1 Å². The third-order valence-electron chi connectivity index (χ3n) is 3.75. The zero-order chi connectivity index (χ0) is 15.9. The predicted octanol–water partition coefficient (Wildman–Crippen LogP) is 3.39. The van der Waals surface area contributed by atoms with E-state index in [1.807, 2.05) is 43.3 Å². The van der Waals surface area contributed by atoms with E-state index >= 15 is 0 Å². The molecule has 0 aliphatic rings. The fourth-order valence-corrected chi connectivity index (χ4v) is 2.45. The van der Waals surface area contributed by atoms with E-state index in [9.17, 15) is 5.11 Å². The third kappa shape index (κ3) is 4.86. The van der Waals surface area contributed by atoms with Crippen molar-refractivity contribution in [1.29, 1.82) is 0 Å². The van der Waals surface area contributed by atoms with Gasteiger partial charge in [-0.3, -0.25) is 0 Å². The molecule has 0 spiro atoms. The van der Waals surface area contributed by atoms with Gasteiger partial charge in [-0.15, -0.1) is 0 Å². The van der Waals surface area contributed by atoms with Crippen molar-refractivity contribution in [3.8, 4) is 5.75 Å². The largest absolute Gasteiger partial charge is 0.491 e. The summed E-state index contributed by atoms with van der Waals surface area (Å²) >= 11 is 0. The number of aliphatic hydroxyl groups excluding tert-OH is 1. The van der Waals surface area contributed by atoms with Gasteiger partial charge in [-0.1, -0.05) is 36.4 Å². The van der Waals surface area contributed by atoms with Crippen molar-refractivity contribution in [2.45, 2.75) is 32.9 Å². The summed E-state index contributed by atoms with van der Waals surface area (Å²) < 4.78 is 5.62. The standard InChI is InChI=1S/C19H25NO2/c1-14-7-6-9-18(11-14)22-13-17(21)12-20-16(3)19-10-5-4-8-15(19)2/h4-11,16-17,20-21H,12-13H2,1-3H3/t16-,17+/m0/s1. The summed E-state index contributed by atoms with van der Waals surface area (Å²) in [5.74, 6) is 0.797. The van der Waals surface area contributed by atoms with Gasteiger partial charge in [0.25, 0.3) is 0 Å². The molecule has 0 fully saturated rings. The molecule has 3 nitrogen and oxygen atoms in total. The molecule has 2 aromatic rings. The minimum absolute atomic E-state index is 0.204. The van der Waals surface area contributed by atoms with E-state index in [1.165, 1.54) is 11.1 Å². The van der Waals surface area contributed by atoms with E-state index in [2.05, 4.69) is 31.3 Å². The van der Waals surface area contributed by atoms with Crippen LogP contribution in [-0.4, -0.2) is 24.4 Å². The lowest BCUT2D eigenvalue weighted by Gasteiger charge is -2.19. The highest BCUT2D eigenvalue weighted by Crippen LogP contribution is 2.16. The van der Waals surface area contributed by atoms with Crippen LogP contribution in [0.4, 0.5) is 0 Å². The first-order chi connectivity index (χ1) is 10.6. The Balaban J connectivity index is 1.78. The van der Waals surface area contributed by atoms with Crippen molar-refractivity contribution in [2.75, 3.05) is 13.2 Å². The second-order valence-electron chi connectivity index (χ2n) is 5.77. The summed E-state index contributed by atoms with van der Waals surface area (Å²) in [7, 11) is 0. The maximum Gasteiger partial charge on any atom is 0.119 e. The predicted molar refractivity (Wildman–Crippen MR) is 90.3 cm³/mol. The number of ether oxygens (including phenoxy) is 1. The minimum atomic E-state index is -0.535. The maximum absolute atomic E-state index is 10.1. The normalized spacial score (nSPS) is 13.6. The van der Waals surface area contributed by atoms with Crippen molar-refractivity contribution in [3.63, 3.8) is 0 Å². The number of hydrogen-bond donors (Lipinski definition) is 2. The third-order valence-corrected chi connectivity index (χ3v) is 3.75. The number of nitrogens with one attached hydrogen (secondary N) is 1. The molecule has 0 saturated heterocycles. The molecule has 118 valence electrons. The summed E-state index contributed by atoms with van der Waals surface area (Å²) in [5, 5.41) is 13.4. The lowest BCUT2D eigenvalue weighted by molar-refractivity contribution is 0.104. The number of benzene rings is 2. The zero-order valence-corrected chi connectivity index (χ0v) is 13.5. The van der Waals surface area contributed by atoms with Gasteiger partial charge in [0, 0.05) is 12.6 Å². The molecule has 0 aliphatic carbocycles.